The van der Waals surface area contributed by atoms with Gasteiger partial charge in [0.1, 0.15) is 24.7 Å². The van der Waals surface area contributed by atoms with E-state index in [1.54, 1.807) is 6.92 Å². The SMILES string of the molecule is C=Cc1ccc(/C=C/C=C/c2ccc(OCCCOc3ccc(/C=C/CC(=C)C(=O)OCCOC(=O)C(=C)C)cc3)cc2)cc1. The molecule has 0 heterocycles. The standard InChI is InChI=1S/C39H40O6/c1-5-32-14-16-33(17-15-32)11-6-7-12-34-18-22-36(23-19-34)42-26-9-27-43-37-24-20-35(21-25-37)13-8-10-31(4)39(41)45-29-28-44-38(40)30(2)3/h5-8,11-25H,1-2,4,9-10,26-29H2,3H3/b11-6+,12-7+,13-8+. The zero-order valence-corrected chi connectivity index (χ0v) is 25.8. The van der Waals surface area contributed by atoms with Gasteiger partial charge in [-0.05, 0) is 59.9 Å². The van der Waals surface area contributed by atoms with Gasteiger partial charge in [-0.15, -0.1) is 0 Å². The molecule has 0 atom stereocenters. The average Bonchev–Trinajstić information content (AvgIpc) is 3.06. The maximum Gasteiger partial charge on any atom is 0.333 e. The molecule has 0 radical (unpaired) electrons. The predicted molar refractivity (Wildman–Crippen MR) is 183 cm³/mol. The molecule has 0 saturated carbocycles. The third kappa shape index (κ3) is 13.2. The lowest BCUT2D eigenvalue weighted by Gasteiger charge is -2.08. The molecule has 0 aliphatic rings. The zero-order chi connectivity index (χ0) is 32.3. The molecule has 6 heteroatoms. The third-order valence-electron chi connectivity index (χ3n) is 6.31. The van der Waals surface area contributed by atoms with Gasteiger partial charge in [-0.2, -0.15) is 0 Å². The fourth-order valence-corrected chi connectivity index (χ4v) is 3.78. The second-order valence-electron chi connectivity index (χ2n) is 10.0. The highest BCUT2D eigenvalue weighted by atomic mass is 16.6. The van der Waals surface area contributed by atoms with E-state index in [1.807, 2.05) is 91.0 Å². The molecule has 0 aliphatic carbocycles. The van der Waals surface area contributed by atoms with Gasteiger partial charge in [0.2, 0.25) is 0 Å². The van der Waals surface area contributed by atoms with E-state index in [4.69, 9.17) is 18.9 Å². The smallest absolute Gasteiger partial charge is 0.333 e. The van der Waals surface area contributed by atoms with E-state index >= 15 is 0 Å². The summed E-state index contributed by atoms with van der Waals surface area (Å²) in [5.41, 5.74) is 4.91. The van der Waals surface area contributed by atoms with Crippen molar-refractivity contribution in [1.29, 1.82) is 0 Å². The fourth-order valence-electron chi connectivity index (χ4n) is 3.78. The van der Waals surface area contributed by atoms with Gasteiger partial charge in [0.25, 0.3) is 0 Å². The average molecular weight is 605 g/mol. The molecular formula is C39H40O6. The first-order chi connectivity index (χ1) is 21.8. The summed E-state index contributed by atoms with van der Waals surface area (Å²) in [6.07, 6.45) is 14.8. The summed E-state index contributed by atoms with van der Waals surface area (Å²) in [4.78, 5) is 23.3. The molecular weight excluding hydrogens is 564 g/mol. The summed E-state index contributed by atoms with van der Waals surface area (Å²) >= 11 is 0. The van der Waals surface area contributed by atoms with E-state index in [1.165, 1.54) is 0 Å². The Balaban J connectivity index is 1.28. The quantitative estimate of drug-likeness (QED) is 0.0627. The normalized spacial score (nSPS) is 11.0. The lowest BCUT2D eigenvalue weighted by atomic mass is 10.1. The van der Waals surface area contributed by atoms with Crippen LogP contribution >= 0.6 is 0 Å². The summed E-state index contributed by atoms with van der Waals surface area (Å²) < 4.78 is 21.6. The maximum atomic E-state index is 12.0. The van der Waals surface area contributed by atoms with Gasteiger partial charge >= 0.3 is 11.9 Å². The zero-order valence-electron chi connectivity index (χ0n) is 25.8. The van der Waals surface area contributed by atoms with E-state index in [2.05, 4.69) is 44.0 Å². The van der Waals surface area contributed by atoms with Crippen molar-refractivity contribution in [2.75, 3.05) is 26.4 Å². The minimum Gasteiger partial charge on any atom is -0.493 e. The van der Waals surface area contributed by atoms with Crippen molar-refractivity contribution in [3.63, 3.8) is 0 Å². The Morgan fingerprint density at radius 1 is 0.622 bits per heavy atom. The van der Waals surface area contributed by atoms with Gasteiger partial charge in [0.05, 0.1) is 13.2 Å². The largest absolute Gasteiger partial charge is 0.493 e. The Morgan fingerprint density at radius 3 is 1.56 bits per heavy atom. The van der Waals surface area contributed by atoms with E-state index < -0.39 is 11.9 Å². The van der Waals surface area contributed by atoms with Crippen molar-refractivity contribution in [2.45, 2.75) is 19.8 Å². The highest BCUT2D eigenvalue weighted by Gasteiger charge is 2.08. The third-order valence-corrected chi connectivity index (χ3v) is 6.31. The number of rotatable bonds is 18. The van der Waals surface area contributed by atoms with Gasteiger partial charge in [0, 0.05) is 17.6 Å². The first-order valence-electron chi connectivity index (χ1n) is 14.7. The molecule has 0 aliphatic heterocycles. The first kappa shape index (κ1) is 34.1. The van der Waals surface area contributed by atoms with Gasteiger partial charge in [-0.1, -0.05) is 111 Å². The molecule has 232 valence electrons. The molecule has 3 aromatic carbocycles. The Labute approximate surface area is 266 Å². The van der Waals surface area contributed by atoms with Gasteiger partial charge < -0.3 is 18.9 Å². The number of esters is 2. The lowest BCUT2D eigenvalue weighted by Crippen LogP contribution is -2.14. The van der Waals surface area contributed by atoms with Crippen LogP contribution in [-0.4, -0.2) is 38.4 Å². The van der Waals surface area contributed by atoms with E-state index in [9.17, 15) is 9.59 Å². The van der Waals surface area contributed by atoms with Crippen LogP contribution in [0.15, 0.2) is 122 Å². The highest BCUT2D eigenvalue weighted by Crippen LogP contribution is 2.16. The highest BCUT2D eigenvalue weighted by molar-refractivity contribution is 5.88. The second kappa shape index (κ2) is 19.0. The van der Waals surface area contributed by atoms with Crippen LogP contribution in [0.3, 0.4) is 0 Å². The second-order valence-corrected chi connectivity index (χ2v) is 10.0. The number of allylic oxidation sites excluding steroid dienone is 3. The molecule has 0 bridgehead atoms. The first-order valence-corrected chi connectivity index (χ1v) is 14.7. The van der Waals surface area contributed by atoms with Crippen molar-refractivity contribution < 1.29 is 28.5 Å². The van der Waals surface area contributed by atoms with E-state index in [-0.39, 0.29) is 13.2 Å². The summed E-state index contributed by atoms with van der Waals surface area (Å²) in [5.74, 6) is 0.544. The van der Waals surface area contributed by atoms with Gasteiger partial charge in [-0.25, -0.2) is 9.59 Å². The van der Waals surface area contributed by atoms with Crippen LogP contribution in [0.2, 0.25) is 0 Å². The molecule has 3 rings (SSSR count). The Kier molecular flexibility index (Phi) is 14.4. The van der Waals surface area contributed by atoms with Crippen LogP contribution in [0.5, 0.6) is 11.5 Å². The maximum absolute atomic E-state index is 12.0. The monoisotopic (exact) mass is 604 g/mol. The summed E-state index contributed by atoms with van der Waals surface area (Å²) in [5, 5.41) is 0. The van der Waals surface area contributed by atoms with Crippen molar-refractivity contribution >= 4 is 36.2 Å². The predicted octanol–water partition coefficient (Wildman–Crippen LogP) is 8.53. The number of hydrogen-bond donors (Lipinski definition) is 0. The van der Waals surface area contributed by atoms with Crippen LogP contribution in [0.25, 0.3) is 24.3 Å². The molecule has 0 aromatic heterocycles. The Hall–Kier alpha value is -5.36. The molecule has 0 N–H and O–H groups in total. The molecule has 0 unspecified atom stereocenters. The number of carbonyl (C=O) groups excluding carboxylic acids is 2. The number of hydrogen-bond acceptors (Lipinski definition) is 6. The lowest BCUT2D eigenvalue weighted by molar-refractivity contribution is -0.147. The van der Waals surface area contributed by atoms with Crippen LogP contribution in [0.4, 0.5) is 0 Å². The Bertz CT molecular complexity index is 1510. The van der Waals surface area contributed by atoms with Crippen LogP contribution in [-0.2, 0) is 19.1 Å². The molecule has 3 aromatic rings. The summed E-state index contributed by atoms with van der Waals surface area (Å²) in [6.45, 7) is 13.6. The van der Waals surface area contributed by atoms with Crippen molar-refractivity contribution in [3.8, 4) is 11.5 Å². The molecule has 0 fully saturated rings. The van der Waals surface area contributed by atoms with Crippen LogP contribution in [0, 0.1) is 0 Å². The van der Waals surface area contributed by atoms with Crippen LogP contribution < -0.4 is 9.47 Å². The molecule has 0 saturated heterocycles. The number of ether oxygens (including phenoxy) is 4. The molecule has 45 heavy (non-hydrogen) atoms. The van der Waals surface area contributed by atoms with E-state index in [0.29, 0.717) is 30.8 Å². The molecule has 0 spiro atoms. The fraction of sp³-hybridized carbons (Fsp3) is 0.179. The molecule has 0 amide bonds. The van der Waals surface area contributed by atoms with Crippen molar-refractivity contribution in [1.82, 2.24) is 0 Å². The van der Waals surface area contributed by atoms with Crippen molar-refractivity contribution in [3.05, 3.63) is 144 Å². The Morgan fingerprint density at radius 2 is 1.07 bits per heavy atom. The van der Waals surface area contributed by atoms with Gasteiger partial charge in [-0.3, -0.25) is 0 Å². The summed E-state index contributed by atoms with van der Waals surface area (Å²) in [7, 11) is 0. The topological polar surface area (TPSA) is 71.1 Å². The van der Waals surface area contributed by atoms with Gasteiger partial charge in [0.15, 0.2) is 0 Å². The number of benzene rings is 3. The van der Waals surface area contributed by atoms with Crippen LogP contribution in [0.1, 0.15) is 42.0 Å². The summed E-state index contributed by atoms with van der Waals surface area (Å²) in [6, 6.07) is 23.9. The minimum absolute atomic E-state index is 0.0269. The number of carbonyl (C=O) groups is 2. The van der Waals surface area contributed by atoms with Crippen molar-refractivity contribution in [2.24, 2.45) is 0 Å². The minimum atomic E-state index is -0.529. The molecule has 6 nitrogen and oxygen atoms in total. The van der Waals surface area contributed by atoms with E-state index in [0.717, 1.165) is 40.2 Å².